The van der Waals surface area contributed by atoms with Crippen LogP contribution in [0.5, 0.6) is 17.2 Å². The molecule has 4 heterocycles. The molecule has 4 bridgehead atoms. The van der Waals surface area contributed by atoms with Crippen LogP contribution < -0.4 is 20.4 Å². The molecule has 0 spiro atoms. The summed E-state index contributed by atoms with van der Waals surface area (Å²) < 4.78 is 30.8. The third kappa shape index (κ3) is 8.98. The number of phenolic OH excluding ortho intramolecular Hbond substituents is 2. The van der Waals surface area contributed by atoms with Gasteiger partial charge in [0.1, 0.15) is 40.3 Å². The van der Waals surface area contributed by atoms with E-state index in [-0.39, 0.29) is 90.9 Å². The van der Waals surface area contributed by atoms with Gasteiger partial charge in [0.05, 0.1) is 29.4 Å². The van der Waals surface area contributed by atoms with Gasteiger partial charge in [0.2, 0.25) is 5.43 Å². The summed E-state index contributed by atoms with van der Waals surface area (Å²) in [6, 6.07) is 3.71. The molecule has 9 atom stereocenters. The van der Waals surface area contributed by atoms with E-state index >= 15 is 0 Å². The Labute approximate surface area is 390 Å². The van der Waals surface area contributed by atoms with Gasteiger partial charge in [-0.25, -0.2) is 4.98 Å². The van der Waals surface area contributed by atoms with Gasteiger partial charge < -0.3 is 53.8 Å². The fourth-order valence-corrected chi connectivity index (χ4v) is 9.91. The number of esters is 1. The van der Waals surface area contributed by atoms with Gasteiger partial charge >= 0.3 is 11.8 Å². The Morgan fingerprint density at radius 1 is 0.970 bits per heavy atom. The first-order valence-electron chi connectivity index (χ1n) is 23.0. The number of allylic oxidation sites excluding steroid dienone is 2. The molecule has 5 aliphatic rings. The van der Waals surface area contributed by atoms with E-state index in [9.17, 15) is 34.5 Å². The number of methoxy groups -OCH3 is 1. The van der Waals surface area contributed by atoms with Gasteiger partial charge in [0, 0.05) is 86.3 Å². The lowest BCUT2D eigenvalue weighted by Crippen LogP contribution is -2.43. The molecule has 0 unspecified atom stereocenters. The summed E-state index contributed by atoms with van der Waals surface area (Å²) in [5.74, 6) is -6.45. The number of hydrogen-bond donors (Lipinski definition) is 4. The van der Waals surface area contributed by atoms with Crippen LogP contribution in [0.1, 0.15) is 84.2 Å². The zero-order valence-corrected chi connectivity index (χ0v) is 40.4. The van der Waals surface area contributed by atoms with Gasteiger partial charge in [-0.3, -0.25) is 19.2 Å². The van der Waals surface area contributed by atoms with E-state index in [1.807, 2.05) is 34.6 Å². The molecule has 4 N–H and O–H groups in total. The number of nitrogens with one attached hydrogen (secondary N) is 1. The molecule has 0 radical (unpaired) electrons. The number of amides is 1. The highest BCUT2D eigenvalue weighted by molar-refractivity contribution is 6.22. The van der Waals surface area contributed by atoms with Crippen molar-refractivity contribution in [1.82, 2.24) is 9.88 Å². The van der Waals surface area contributed by atoms with Crippen LogP contribution in [0, 0.1) is 36.5 Å². The third-order valence-corrected chi connectivity index (χ3v) is 14.5. The summed E-state index contributed by atoms with van der Waals surface area (Å²) in [5.41, 5.74) is -0.423. The van der Waals surface area contributed by atoms with Crippen molar-refractivity contribution >= 4 is 50.9 Å². The average molecular weight is 925 g/mol. The first kappa shape index (κ1) is 48.9. The summed E-state index contributed by atoms with van der Waals surface area (Å²) >= 11 is 0. The Bertz CT molecular complexity index is 2720. The number of carbonyl (C=O) groups is 3. The molecule has 2 aromatic carbocycles. The number of carbonyl (C=O) groups excluding carboxylic acids is 3. The standard InChI is InChI=1S/C51H64N4O12/c1-24-14-13-15-25(2)50(62)53-42-45(60)38-37(41-48(42)66-36-23-33(22-34(57)40(36)52-41)55-19-16-32(17-20-55)54(10)11)39-47(30(7)44(38)59)67-51(9,49(39)61)64-21-18-35(63-12)29(6)46(65-31(8)56)28(5)26(3)27(4)43(24)58/h13-15,18,21-24,26-29,32,35,43,46,57-59H,16-17,19-20H2,1-12H3,(H,53,62)/b14-13+,21-18+,25-15-/t24-,26+,27-,28+,29+,35-,43-,46-,51-/m0/s1. The summed E-state index contributed by atoms with van der Waals surface area (Å²) in [4.78, 5) is 65.5. The van der Waals surface area contributed by atoms with Crippen LogP contribution in [0.15, 0.2) is 57.5 Å². The molecular weight excluding hydrogens is 861 g/mol. The van der Waals surface area contributed by atoms with Crippen molar-refractivity contribution in [3.8, 4) is 28.7 Å². The van der Waals surface area contributed by atoms with Crippen LogP contribution >= 0.6 is 0 Å². The molecule has 0 aromatic heterocycles. The molecule has 360 valence electrons. The molecule has 1 amide bonds. The van der Waals surface area contributed by atoms with E-state index in [2.05, 4.69) is 29.2 Å². The second kappa shape index (κ2) is 19.0. The predicted molar refractivity (Wildman–Crippen MR) is 255 cm³/mol. The minimum atomic E-state index is -2.04. The third-order valence-electron chi connectivity index (χ3n) is 14.5. The molecular formula is C51H64N4O12. The smallest absolute Gasteiger partial charge is 0.312 e. The van der Waals surface area contributed by atoms with Gasteiger partial charge in [0.25, 0.3) is 11.7 Å². The average Bonchev–Trinajstić information content (AvgIpc) is 3.56. The number of fused-ring (bicyclic) bond motifs is 2. The SMILES string of the molecule is CO[C@H]1/C=C/O[C@@]2(C)Oc3c(C)c(O)c4c(=O)c(c5oc6cc(N7CCC(N(C)C)CC7)cc(O)c6nc-5c4c3C2=O)NC(=O)/C(C)=C\C=C\[C@H](C)[C@H](O)[C@@H](C)[C@@H](C)[C@@H](C)[C@H](OC(C)=O)[C@@H]1C. The first-order valence-corrected chi connectivity index (χ1v) is 23.0. The molecule has 1 fully saturated rings. The van der Waals surface area contributed by atoms with Crippen LogP contribution in [-0.4, -0.2) is 107 Å². The number of ether oxygens (including phenoxy) is 4. The highest BCUT2D eigenvalue weighted by atomic mass is 16.7. The molecule has 1 aliphatic carbocycles. The lowest BCUT2D eigenvalue weighted by Gasteiger charge is -2.39. The zero-order chi connectivity index (χ0) is 49.0. The number of rotatable bonds is 4. The van der Waals surface area contributed by atoms with E-state index < -0.39 is 58.9 Å². The molecule has 7 rings (SSSR count). The van der Waals surface area contributed by atoms with Gasteiger partial charge in [-0.15, -0.1) is 0 Å². The highest BCUT2D eigenvalue weighted by Gasteiger charge is 2.50. The van der Waals surface area contributed by atoms with Crippen LogP contribution in [0.2, 0.25) is 0 Å². The maximum absolute atomic E-state index is 14.9. The van der Waals surface area contributed by atoms with Crippen LogP contribution in [0.3, 0.4) is 0 Å². The van der Waals surface area contributed by atoms with Crippen molar-refractivity contribution in [2.75, 3.05) is 44.5 Å². The Morgan fingerprint density at radius 3 is 2.30 bits per heavy atom. The number of aliphatic hydroxyl groups is 1. The van der Waals surface area contributed by atoms with Crippen LogP contribution in [0.25, 0.3) is 33.3 Å². The number of Topliss-reactive ketones (excluding diaryl/α,β-unsaturated/α-hetero) is 1. The van der Waals surface area contributed by atoms with E-state index in [4.69, 9.17) is 28.3 Å². The number of aromatic nitrogens is 1. The molecule has 2 aromatic rings. The Morgan fingerprint density at radius 2 is 1.66 bits per heavy atom. The summed E-state index contributed by atoms with van der Waals surface area (Å²) in [7, 11) is 5.60. The molecule has 16 nitrogen and oxygen atoms in total. The maximum Gasteiger partial charge on any atom is 0.312 e. The van der Waals surface area contributed by atoms with Crippen molar-refractivity contribution in [3.05, 3.63) is 69.6 Å². The van der Waals surface area contributed by atoms with Gasteiger partial charge in [-0.05, 0) is 64.6 Å². The Kier molecular flexibility index (Phi) is 13.9. The van der Waals surface area contributed by atoms with Gasteiger partial charge in [-0.1, -0.05) is 52.8 Å². The number of ketones is 1. The molecule has 67 heavy (non-hydrogen) atoms. The highest BCUT2D eigenvalue weighted by Crippen LogP contribution is 2.51. The molecule has 16 heteroatoms. The predicted octanol–water partition coefficient (Wildman–Crippen LogP) is 7.46. The monoisotopic (exact) mass is 924 g/mol. The van der Waals surface area contributed by atoms with E-state index in [1.54, 1.807) is 43.4 Å². The number of phenols is 2. The molecule has 4 aliphatic heterocycles. The van der Waals surface area contributed by atoms with Crippen molar-refractivity contribution < 1.29 is 53.1 Å². The normalized spacial score (nSPS) is 29.8. The van der Waals surface area contributed by atoms with Crippen molar-refractivity contribution in [2.24, 2.45) is 29.6 Å². The zero-order valence-electron chi connectivity index (χ0n) is 40.4. The van der Waals surface area contributed by atoms with Crippen molar-refractivity contribution in [2.45, 2.75) is 105 Å². The maximum atomic E-state index is 14.9. The number of benzene rings is 3. The number of piperidine rings is 1. The summed E-state index contributed by atoms with van der Waals surface area (Å²) in [5, 5.41) is 37.3. The number of aromatic hydroxyl groups is 2. The second-order valence-corrected chi connectivity index (χ2v) is 19.1. The summed E-state index contributed by atoms with van der Waals surface area (Å²) in [6.45, 7) is 16.8. The molecule has 1 saturated heterocycles. The van der Waals surface area contributed by atoms with E-state index in [1.165, 1.54) is 34.1 Å². The fourth-order valence-electron chi connectivity index (χ4n) is 9.91. The van der Waals surface area contributed by atoms with Crippen LogP contribution in [0.4, 0.5) is 11.4 Å². The quantitative estimate of drug-likeness (QED) is 0.0889. The van der Waals surface area contributed by atoms with Crippen molar-refractivity contribution in [1.29, 1.82) is 0 Å². The van der Waals surface area contributed by atoms with Gasteiger partial charge in [-0.2, -0.15) is 0 Å². The first-order chi connectivity index (χ1) is 31.6. The number of aliphatic hydroxyl groups excluding tert-OH is 1. The largest absolute Gasteiger partial charge is 0.507 e. The number of nitrogens with zero attached hydrogens (tertiary/aromatic N) is 3. The topological polar surface area (TPSA) is 210 Å². The number of hydrogen-bond acceptors (Lipinski definition) is 15. The number of anilines is 2. The van der Waals surface area contributed by atoms with E-state index in [0.29, 0.717) is 24.8 Å². The van der Waals surface area contributed by atoms with Gasteiger partial charge in [0.15, 0.2) is 11.3 Å². The van der Waals surface area contributed by atoms with Crippen LogP contribution in [-0.2, 0) is 23.8 Å². The van der Waals surface area contributed by atoms with Crippen molar-refractivity contribution in [3.63, 3.8) is 0 Å². The lowest BCUT2D eigenvalue weighted by molar-refractivity contribution is -0.157. The minimum absolute atomic E-state index is 0.00858. The fraction of sp³-hybridized carbons (Fsp3) is 0.510. The molecule has 0 saturated carbocycles. The van der Waals surface area contributed by atoms with E-state index in [0.717, 1.165) is 12.8 Å². The second-order valence-electron chi connectivity index (χ2n) is 19.1. The summed E-state index contributed by atoms with van der Waals surface area (Å²) in [6.07, 6.45) is 7.44. The minimum Gasteiger partial charge on any atom is -0.507 e. The Hall–Kier alpha value is -5.97. The lowest BCUT2D eigenvalue weighted by atomic mass is 9.73. The Balaban J connectivity index is 1.44.